The lowest BCUT2D eigenvalue weighted by Gasteiger charge is -2.57. The monoisotopic (exact) mass is 348 g/mol. The summed E-state index contributed by atoms with van der Waals surface area (Å²) in [5.74, 6) is -1.46. The number of anilines is 1. The number of halogens is 1. The van der Waals surface area contributed by atoms with Gasteiger partial charge in [-0.3, -0.25) is 9.59 Å². The Bertz CT molecular complexity index is 704. The Kier molecular flexibility index (Phi) is 4.58. The van der Waals surface area contributed by atoms with Gasteiger partial charge in [-0.1, -0.05) is 26.8 Å². The van der Waals surface area contributed by atoms with Gasteiger partial charge in [0.15, 0.2) is 0 Å². The average Bonchev–Trinajstić information content (AvgIpc) is 3.00. The van der Waals surface area contributed by atoms with Crippen LogP contribution in [0.25, 0.3) is 0 Å². The first-order valence-corrected chi connectivity index (χ1v) is 8.75. The van der Waals surface area contributed by atoms with Crippen LogP contribution in [-0.2, 0) is 20.7 Å². The number of aryl methyl sites for hydroxylation is 1. The second kappa shape index (κ2) is 6.41. The standard InChI is InChI=1S/C19H25FN2O3/c1-5-11-6-7-12(10-14(11)20)21-17(23)18(24)22(4)15-13-8-9-25-16(13)19(15,2)3/h6-7,10,13,15-16H,5,8-9H2,1-4H3,(H,21,23)/t13-,15-,16-/m1/s1. The number of fused-ring (bicyclic) bond motifs is 1. The third kappa shape index (κ3) is 2.92. The largest absolute Gasteiger partial charge is 0.377 e. The summed E-state index contributed by atoms with van der Waals surface area (Å²) in [5, 5.41) is 2.50. The third-order valence-electron chi connectivity index (χ3n) is 5.66. The number of rotatable bonds is 3. The molecule has 1 aliphatic carbocycles. The summed E-state index contributed by atoms with van der Waals surface area (Å²) in [6.07, 6.45) is 1.62. The molecule has 2 aliphatic rings. The zero-order valence-electron chi connectivity index (χ0n) is 15.1. The van der Waals surface area contributed by atoms with E-state index in [0.29, 0.717) is 18.6 Å². The lowest BCUT2D eigenvalue weighted by atomic mass is 9.57. The molecule has 1 saturated carbocycles. The van der Waals surface area contributed by atoms with Gasteiger partial charge in [0.2, 0.25) is 0 Å². The molecule has 0 radical (unpaired) electrons. The number of likely N-dealkylation sites (N-methyl/N-ethyl adjacent to an activating group) is 1. The van der Waals surface area contributed by atoms with Gasteiger partial charge in [0.25, 0.3) is 0 Å². The van der Waals surface area contributed by atoms with Crippen molar-refractivity contribution < 1.29 is 18.7 Å². The fourth-order valence-electron chi connectivity index (χ4n) is 4.47. The zero-order chi connectivity index (χ0) is 18.4. The molecule has 1 heterocycles. The van der Waals surface area contributed by atoms with Crippen molar-refractivity contribution in [3.63, 3.8) is 0 Å². The van der Waals surface area contributed by atoms with Crippen LogP contribution in [0, 0.1) is 17.2 Å². The van der Waals surface area contributed by atoms with Gasteiger partial charge in [-0.05, 0) is 30.5 Å². The molecule has 6 heteroatoms. The van der Waals surface area contributed by atoms with Crippen LogP contribution < -0.4 is 5.32 Å². The van der Waals surface area contributed by atoms with E-state index in [1.807, 2.05) is 6.92 Å². The van der Waals surface area contributed by atoms with Crippen LogP contribution in [0.1, 0.15) is 32.8 Å². The second-order valence-corrected chi connectivity index (χ2v) is 7.54. The van der Waals surface area contributed by atoms with E-state index in [4.69, 9.17) is 4.74 Å². The summed E-state index contributed by atoms with van der Waals surface area (Å²) in [5.41, 5.74) is 0.683. The average molecular weight is 348 g/mol. The van der Waals surface area contributed by atoms with Gasteiger partial charge in [0.05, 0.1) is 6.10 Å². The molecule has 1 aliphatic heterocycles. The lowest BCUT2D eigenvalue weighted by Crippen LogP contribution is -2.67. The van der Waals surface area contributed by atoms with Crippen LogP contribution in [0.2, 0.25) is 0 Å². The van der Waals surface area contributed by atoms with Crippen LogP contribution in [-0.4, -0.2) is 42.5 Å². The third-order valence-corrected chi connectivity index (χ3v) is 5.66. The minimum absolute atomic E-state index is 0.0301. The predicted molar refractivity (Wildman–Crippen MR) is 92.6 cm³/mol. The lowest BCUT2D eigenvalue weighted by molar-refractivity contribution is -0.169. The highest BCUT2D eigenvalue weighted by molar-refractivity contribution is 6.39. The summed E-state index contributed by atoms with van der Waals surface area (Å²) in [7, 11) is 1.66. The summed E-state index contributed by atoms with van der Waals surface area (Å²) < 4.78 is 19.6. The molecule has 3 rings (SSSR count). The first kappa shape index (κ1) is 17.9. The van der Waals surface area contributed by atoms with Crippen molar-refractivity contribution in [3.05, 3.63) is 29.6 Å². The molecule has 25 heavy (non-hydrogen) atoms. The van der Waals surface area contributed by atoms with E-state index in [-0.39, 0.29) is 35.0 Å². The Labute approximate surface area is 147 Å². The van der Waals surface area contributed by atoms with Gasteiger partial charge in [-0.15, -0.1) is 0 Å². The maximum atomic E-state index is 13.8. The number of ether oxygens (including phenoxy) is 1. The van der Waals surface area contributed by atoms with Crippen LogP contribution >= 0.6 is 0 Å². The maximum absolute atomic E-state index is 13.8. The Morgan fingerprint density at radius 3 is 2.76 bits per heavy atom. The van der Waals surface area contributed by atoms with Gasteiger partial charge in [0, 0.05) is 36.7 Å². The zero-order valence-corrected chi connectivity index (χ0v) is 15.1. The molecule has 1 aromatic carbocycles. The molecule has 1 N–H and O–H groups in total. The molecule has 2 fully saturated rings. The topological polar surface area (TPSA) is 58.6 Å². The molecule has 0 aromatic heterocycles. The number of amides is 2. The molecule has 136 valence electrons. The van der Waals surface area contributed by atoms with E-state index in [9.17, 15) is 14.0 Å². The Hall–Kier alpha value is -1.95. The van der Waals surface area contributed by atoms with E-state index < -0.39 is 11.8 Å². The minimum atomic E-state index is -0.746. The molecule has 2 amide bonds. The molecular formula is C19H25FN2O3. The van der Waals surface area contributed by atoms with Crippen LogP contribution in [0.5, 0.6) is 0 Å². The van der Waals surface area contributed by atoms with E-state index in [2.05, 4.69) is 19.2 Å². The molecule has 0 bridgehead atoms. The van der Waals surface area contributed by atoms with E-state index in [1.165, 1.54) is 11.0 Å². The summed E-state index contributed by atoms with van der Waals surface area (Å²) >= 11 is 0. The molecule has 1 saturated heterocycles. The molecular weight excluding hydrogens is 323 g/mol. The summed E-state index contributed by atoms with van der Waals surface area (Å²) in [6.45, 7) is 6.68. The molecule has 3 atom stereocenters. The highest BCUT2D eigenvalue weighted by atomic mass is 19.1. The van der Waals surface area contributed by atoms with Crippen molar-refractivity contribution in [1.29, 1.82) is 0 Å². The molecule has 1 aromatic rings. The Balaban J connectivity index is 1.68. The van der Waals surface area contributed by atoms with Crippen molar-refractivity contribution in [2.75, 3.05) is 19.0 Å². The van der Waals surface area contributed by atoms with Crippen molar-refractivity contribution in [2.45, 2.75) is 45.8 Å². The first-order chi connectivity index (χ1) is 11.8. The Morgan fingerprint density at radius 2 is 2.12 bits per heavy atom. The van der Waals surface area contributed by atoms with Crippen LogP contribution in [0.15, 0.2) is 18.2 Å². The van der Waals surface area contributed by atoms with Gasteiger partial charge < -0.3 is 15.0 Å². The number of hydrogen-bond acceptors (Lipinski definition) is 3. The number of nitrogens with one attached hydrogen (secondary N) is 1. The van der Waals surface area contributed by atoms with Crippen molar-refractivity contribution in [3.8, 4) is 0 Å². The number of carbonyl (C=O) groups excluding carboxylic acids is 2. The summed E-state index contributed by atoms with van der Waals surface area (Å²) in [6, 6.07) is 4.45. The van der Waals surface area contributed by atoms with Crippen molar-refractivity contribution >= 4 is 17.5 Å². The molecule has 5 nitrogen and oxygen atoms in total. The number of benzene rings is 1. The van der Waals surface area contributed by atoms with E-state index in [1.54, 1.807) is 19.2 Å². The number of carbonyl (C=O) groups is 2. The highest BCUT2D eigenvalue weighted by Crippen LogP contribution is 2.54. The second-order valence-electron chi connectivity index (χ2n) is 7.54. The molecule has 0 spiro atoms. The fourth-order valence-corrected chi connectivity index (χ4v) is 4.47. The van der Waals surface area contributed by atoms with Crippen molar-refractivity contribution in [1.82, 2.24) is 4.90 Å². The van der Waals surface area contributed by atoms with E-state index in [0.717, 1.165) is 6.42 Å². The van der Waals surface area contributed by atoms with Crippen LogP contribution in [0.3, 0.4) is 0 Å². The maximum Gasteiger partial charge on any atom is 0.313 e. The van der Waals surface area contributed by atoms with Gasteiger partial charge in [0.1, 0.15) is 5.82 Å². The predicted octanol–water partition coefficient (Wildman–Crippen LogP) is 2.60. The SMILES string of the molecule is CCc1ccc(NC(=O)C(=O)N(C)[C@@H]2[C@H]3CCO[C@H]3C2(C)C)cc1F. The Morgan fingerprint density at radius 1 is 1.40 bits per heavy atom. The van der Waals surface area contributed by atoms with E-state index >= 15 is 0 Å². The molecule has 0 unspecified atom stereocenters. The fraction of sp³-hybridized carbons (Fsp3) is 0.579. The van der Waals surface area contributed by atoms with Crippen molar-refractivity contribution in [2.24, 2.45) is 11.3 Å². The summed E-state index contributed by atoms with van der Waals surface area (Å²) in [4.78, 5) is 26.4. The van der Waals surface area contributed by atoms with Crippen LogP contribution in [0.4, 0.5) is 10.1 Å². The highest BCUT2D eigenvalue weighted by Gasteiger charge is 2.61. The smallest absolute Gasteiger partial charge is 0.313 e. The number of nitrogens with zero attached hydrogens (tertiary/aromatic N) is 1. The van der Waals surface area contributed by atoms with Gasteiger partial charge in [-0.25, -0.2) is 4.39 Å². The van der Waals surface area contributed by atoms with Gasteiger partial charge in [-0.2, -0.15) is 0 Å². The minimum Gasteiger partial charge on any atom is -0.377 e. The van der Waals surface area contributed by atoms with Gasteiger partial charge >= 0.3 is 11.8 Å². The quantitative estimate of drug-likeness (QED) is 0.854. The normalized spacial score (nSPS) is 26.5. The first-order valence-electron chi connectivity index (χ1n) is 8.75. The number of hydrogen-bond donors (Lipinski definition) is 1.